The lowest BCUT2D eigenvalue weighted by molar-refractivity contribution is 0.174. The molecule has 1 aromatic rings. The minimum atomic E-state index is -0.416. The van der Waals surface area contributed by atoms with E-state index < -0.39 is 6.10 Å². The van der Waals surface area contributed by atoms with Crippen LogP contribution in [-0.4, -0.2) is 11.4 Å². The van der Waals surface area contributed by atoms with Gasteiger partial charge in [-0.1, -0.05) is 37.3 Å². The molecule has 0 saturated carbocycles. The Morgan fingerprint density at radius 1 is 1.47 bits per heavy atom. The average molecular weight is 222 g/mol. The van der Waals surface area contributed by atoms with Gasteiger partial charge in [0.2, 0.25) is 0 Å². The fraction of sp³-hybridized carbons (Fsp3) is 0.385. The highest BCUT2D eigenvalue weighted by Gasteiger charge is 2.11. The molecule has 1 atom stereocenters. The van der Waals surface area contributed by atoms with Crippen molar-refractivity contribution in [2.45, 2.75) is 30.8 Å². The highest BCUT2D eigenvalue weighted by molar-refractivity contribution is 7.98. The summed E-state index contributed by atoms with van der Waals surface area (Å²) in [5, 5.41) is 10.1. The molecule has 0 spiro atoms. The molecular formula is C13H18OS. The van der Waals surface area contributed by atoms with Crippen LogP contribution >= 0.6 is 11.8 Å². The Morgan fingerprint density at radius 3 is 2.73 bits per heavy atom. The van der Waals surface area contributed by atoms with E-state index in [1.165, 1.54) is 0 Å². The van der Waals surface area contributed by atoms with Gasteiger partial charge in [-0.2, -0.15) is 0 Å². The molecule has 15 heavy (non-hydrogen) atoms. The van der Waals surface area contributed by atoms with Crippen molar-refractivity contribution in [2.75, 3.05) is 6.26 Å². The molecule has 0 heterocycles. The zero-order valence-electron chi connectivity index (χ0n) is 9.36. The van der Waals surface area contributed by atoms with Crippen molar-refractivity contribution in [3.63, 3.8) is 0 Å². The maximum absolute atomic E-state index is 10.1. The van der Waals surface area contributed by atoms with Gasteiger partial charge in [0.15, 0.2) is 0 Å². The minimum absolute atomic E-state index is 0.416. The zero-order chi connectivity index (χ0) is 11.3. The lowest BCUT2D eigenvalue weighted by Crippen LogP contribution is -2.00. The molecule has 1 unspecified atom stereocenters. The molecule has 0 saturated heterocycles. The lowest BCUT2D eigenvalue weighted by atomic mass is 10.0. The van der Waals surface area contributed by atoms with Crippen LogP contribution in [0.25, 0.3) is 0 Å². The summed E-state index contributed by atoms with van der Waals surface area (Å²) in [5.41, 5.74) is 2.11. The summed E-state index contributed by atoms with van der Waals surface area (Å²) in [7, 11) is 0. The van der Waals surface area contributed by atoms with Gasteiger partial charge >= 0.3 is 0 Å². The Labute approximate surface area is 96.2 Å². The number of rotatable bonds is 5. The molecule has 0 aliphatic heterocycles. The molecular weight excluding hydrogens is 204 g/mol. The minimum Gasteiger partial charge on any atom is -0.388 e. The lowest BCUT2D eigenvalue weighted by Gasteiger charge is -2.15. The van der Waals surface area contributed by atoms with E-state index >= 15 is 0 Å². The number of aliphatic hydroxyl groups excluding tert-OH is 1. The molecule has 82 valence electrons. The molecule has 0 bridgehead atoms. The van der Waals surface area contributed by atoms with E-state index in [0.29, 0.717) is 6.42 Å². The Hall–Kier alpha value is -0.730. The van der Waals surface area contributed by atoms with Crippen LogP contribution in [0.3, 0.4) is 0 Å². The van der Waals surface area contributed by atoms with Gasteiger partial charge in [-0.15, -0.1) is 11.8 Å². The van der Waals surface area contributed by atoms with Crippen LogP contribution in [0.2, 0.25) is 0 Å². The summed E-state index contributed by atoms with van der Waals surface area (Å²) in [6.07, 6.45) is 3.20. The van der Waals surface area contributed by atoms with Crippen molar-refractivity contribution in [3.05, 3.63) is 42.0 Å². The molecule has 0 fully saturated rings. The summed E-state index contributed by atoms with van der Waals surface area (Å²) in [6, 6.07) is 7.99. The first-order valence-electron chi connectivity index (χ1n) is 5.16. The summed E-state index contributed by atoms with van der Waals surface area (Å²) in [5.74, 6) is 0. The predicted octanol–water partition coefficient (Wildman–Crippen LogP) is 3.80. The van der Waals surface area contributed by atoms with E-state index in [1.54, 1.807) is 11.8 Å². The number of benzene rings is 1. The van der Waals surface area contributed by atoms with Crippen molar-refractivity contribution >= 4 is 11.8 Å². The highest BCUT2D eigenvalue weighted by atomic mass is 32.2. The average Bonchev–Trinajstić information content (AvgIpc) is 2.28. The second kappa shape index (κ2) is 5.99. The molecule has 1 N–H and O–H groups in total. The van der Waals surface area contributed by atoms with Crippen molar-refractivity contribution in [1.82, 2.24) is 0 Å². The first-order chi connectivity index (χ1) is 7.19. The van der Waals surface area contributed by atoms with Gasteiger partial charge in [0.05, 0.1) is 6.10 Å². The third kappa shape index (κ3) is 3.40. The number of aliphatic hydroxyl groups is 1. The Morgan fingerprint density at radius 2 is 2.13 bits per heavy atom. The maximum atomic E-state index is 10.1. The largest absolute Gasteiger partial charge is 0.388 e. The van der Waals surface area contributed by atoms with E-state index in [1.807, 2.05) is 30.5 Å². The third-order valence-electron chi connectivity index (χ3n) is 2.48. The van der Waals surface area contributed by atoms with Crippen LogP contribution < -0.4 is 0 Å². The predicted molar refractivity (Wildman–Crippen MR) is 67.2 cm³/mol. The van der Waals surface area contributed by atoms with Crippen LogP contribution in [0.15, 0.2) is 41.3 Å². The van der Waals surface area contributed by atoms with E-state index in [0.717, 1.165) is 22.5 Å². The summed E-state index contributed by atoms with van der Waals surface area (Å²) < 4.78 is 0. The van der Waals surface area contributed by atoms with Gasteiger partial charge < -0.3 is 5.11 Å². The molecule has 0 aromatic heterocycles. The molecule has 1 nitrogen and oxygen atoms in total. The fourth-order valence-electron chi connectivity index (χ4n) is 1.47. The first kappa shape index (κ1) is 12.3. The molecule has 0 radical (unpaired) electrons. The molecule has 0 aliphatic carbocycles. The standard InChI is InChI=1S/C13H18OS/c1-4-10(2)9-12(14)11-7-5-6-8-13(11)15-3/h5-8,12,14H,2,4,9H2,1,3H3. The molecule has 1 aromatic carbocycles. The van der Waals surface area contributed by atoms with Crippen LogP contribution in [0, 0.1) is 0 Å². The van der Waals surface area contributed by atoms with E-state index in [2.05, 4.69) is 13.5 Å². The SMILES string of the molecule is C=C(CC)CC(O)c1ccccc1SC. The van der Waals surface area contributed by atoms with E-state index in [4.69, 9.17) is 0 Å². The normalized spacial score (nSPS) is 12.5. The number of hydrogen-bond acceptors (Lipinski definition) is 2. The second-order valence-electron chi connectivity index (χ2n) is 3.57. The van der Waals surface area contributed by atoms with Gasteiger partial charge in [-0.05, 0) is 30.7 Å². The summed E-state index contributed by atoms with van der Waals surface area (Å²) in [4.78, 5) is 1.15. The van der Waals surface area contributed by atoms with Gasteiger partial charge in [-0.25, -0.2) is 0 Å². The van der Waals surface area contributed by atoms with Gasteiger partial charge in [0, 0.05) is 4.90 Å². The van der Waals surface area contributed by atoms with Crippen LogP contribution in [-0.2, 0) is 0 Å². The van der Waals surface area contributed by atoms with Gasteiger partial charge in [0.1, 0.15) is 0 Å². The number of hydrogen-bond donors (Lipinski definition) is 1. The van der Waals surface area contributed by atoms with E-state index in [-0.39, 0.29) is 0 Å². The van der Waals surface area contributed by atoms with E-state index in [9.17, 15) is 5.11 Å². The summed E-state index contributed by atoms with van der Waals surface area (Å²) >= 11 is 1.67. The van der Waals surface area contributed by atoms with Crippen molar-refractivity contribution in [1.29, 1.82) is 0 Å². The Bertz CT molecular complexity index is 333. The van der Waals surface area contributed by atoms with Crippen LogP contribution in [0.5, 0.6) is 0 Å². The van der Waals surface area contributed by atoms with Gasteiger partial charge in [0.25, 0.3) is 0 Å². The third-order valence-corrected chi connectivity index (χ3v) is 3.29. The van der Waals surface area contributed by atoms with Crippen LogP contribution in [0.4, 0.5) is 0 Å². The van der Waals surface area contributed by atoms with Gasteiger partial charge in [-0.3, -0.25) is 0 Å². The number of thioether (sulfide) groups is 1. The van der Waals surface area contributed by atoms with Crippen molar-refractivity contribution in [3.8, 4) is 0 Å². The van der Waals surface area contributed by atoms with Crippen LogP contribution in [0.1, 0.15) is 31.4 Å². The smallest absolute Gasteiger partial charge is 0.0837 e. The maximum Gasteiger partial charge on any atom is 0.0837 e. The Kier molecular flexibility index (Phi) is 4.92. The Balaban J connectivity index is 2.80. The van der Waals surface area contributed by atoms with Crippen molar-refractivity contribution < 1.29 is 5.11 Å². The monoisotopic (exact) mass is 222 g/mol. The summed E-state index contributed by atoms with van der Waals surface area (Å²) in [6.45, 7) is 5.99. The molecule has 1 rings (SSSR count). The zero-order valence-corrected chi connectivity index (χ0v) is 10.2. The molecule has 2 heteroatoms. The fourth-order valence-corrected chi connectivity index (χ4v) is 2.12. The quantitative estimate of drug-likeness (QED) is 0.604. The first-order valence-corrected chi connectivity index (χ1v) is 6.39. The highest BCUT2D eigenvalue weighted by Crippen LogP contribution is 2.29. The topological polar surface area (TPSA) is 20.2 Å². The molecule has 0 amide bonds. The van der Waals surface area contributed by atoms with Crippen molar-refractivity contribution in [2.24, 2.45) is 0 Å². The second-order valence-corrected chi connectivity index (χ2v) is 4.41. The molecule has 0 aliphatic rings.